The smallest absolute Gasteiger partial charge is 0.158 e. The van der Waals surface area contributed by atoms with E-state index in [2.05, 4.69) is 36.9 Å². The van der Waals surface area contributed by atoms with Crippen molar-refractivity contribution in [3.05, 3.63) is 65.0 Å². The molecule has 0 aromatic heterocycles. The van der Waals surface area contributed by atoms with Crippen molar-refractivity contribution in [1.29, 1.82) is 5.26 Å². The average molecular weight is 333 g/mol. The van der Waals surface area contributed by atoms with Crippen LogP contribution in [0, 0.1) is 23.2 Å². The molecule has 0 amide bonds. The summed E-state index contributed by atoms with van der Waals surface area (Å²) in [6, 6.07) is 12.2. The first-order chi connectivity index (χ1) is 12.0. The van der Waals surface area contributed by atoms with E-state index in [-0.39, 0.29) is 5.78 Å². The fraction of sp³-hybridized carbons (Fsp3) is 0.333. The van der Waals surface area contributed by atoms with Crippen molar-refractivity contribution < 1.29 is 4.79 Å². The van der Waals surface area contributed by atoms with Gasteiger partial charge < -0.3 is 10.6 Å². The number of nitrogens with zero attached hydrogens (tertiary/aromatic N) is 2. The summed E-state index contributed by atoms with van der Waals surface area (Å²) in [5.74, 6) is -0.251. The van der Waals surface area contributed by atoms with Gasteiger partial charge in [0.15, 0.2) is 5.78 Å². The van der Waals surface area contributed by atoms with Gasteiger partial charge in [-0.2, -0.15) is 5.26 Å². The van der Waals surface area contributed by atoms with Gasteiger partial charge in [-0.1, -0.05) is 50.3 Å². The molecule has 0 saturated heterocycles. The summed E-state index contributed by atoms with van der Waals surface area (Å²) in [5, 5.41) is 9.32. The zero-order valence-electron chi connectivity index (χ0n) is 14.7. The number of nitriles is 1. The second kappa shape index (κ2) is 7.08. The van der Waals surface area contributed by atoms with Crippen LogP contribution in [-0.4, -0.2) is 23.8 Å². The van der Waals surface area contributed by atoms with Crippen LogP contribution in [0.25, 0.3) is 5.57 Å². The molecule has 0 spiro atoms. The Balaban J connectivity index is 2.21. The van der Waals surface area contributed by atoms with Gasteiger partial charge in [0.2, 0.25) is 0 Å². The van der Waals surface area contributed by atoms with E-state index in [1.807, 2.05) is 30.5 Å². The molecule has 1 atom stereocenters. The summed E-state index contributed by atoms with van der Waals surface area (Å²) < 4.78 is 0. The first-order valence-electron chi connectivity index (χ1n) is 8.66. The van der Waals surface area contributed by atoms with Gasteiger partial charge in [-0.3, -0.25) is 4.79 Å². The summed E-state index contributed by atoms with van der Waals surface area (Å²) in [4.78, 5) is 14.4. The molecule has 4 heteroatoms. The zero-order chi connectivity index (χ0) is 18.0. The number of carbonyl (C=O) groups is 1. The Morgan fingerprint density at radius 3 is 2.64 bits per heavy atom. The fourth-order valence-corrected chi connectivity index (χ4v) is 3.50. The van der Waals surface area contributed by atoms with Gasteiger partial charge in [-0.05, 0) is 22.6 Å². The van der Waals surface area contributed by atoms with Crippen LogP contribution in [0.1, 0.15) is 25.8 Å². The van der Waals surface area contributed by atoms with E-state index in [1.165, 1.54) is 0 Å². The fourth-order valence-electron chi connectivity index (χ4n) is 3.50. The largest absolute Gasteiger partial charge is 0.349 e. The van der Waals surface area contributed by atoms with Gasteiger partial charge in [-0.25, -0.2) is 0 Å². The summed E-state index contributed by atoms with van der Waals surface area (Å²) >= 11 is 0. The second-order valence-corrected chi connectivity index (χ2v) is 6.92. The normalized spacial score (nSPS) is 20.2. The topological polar surface area (TPSA) is 70.1 Å². The minimum Gasteiger partial charge on any atom is -0.349 e. The molecular weight excluding hydrogens is 310 g/mol. The lowest BCUT2D eigenvalue weighted by Crippen LogP contribution is -2.32. The van der Waals surface area contributed by atoms with E-state index in [4.69, 9.17) is 5.73 Å². The van der Waals surface area contributed by atoms with Crippen molar-refractivity contribution in [3.63, 3.8) is 0 Å². The first kappa shape index (κ1) is 17.2. The Morgan fingerprint density at radius 2 is 2.04 bits per heavy atom. The molecule has 1 unspecified atom stereocenters. The van der Waals surface area contributed by atoms with Crippen LogP contribution >= 0.6 is 0 Å². The minimum absolute atomic E-state index is 0.0365. The number of fused-ring (bicyclic) bond motifs is 1. The predicted molar refractivity (Wildman–Crippen MR) is 98.9 cm³/mol. The van der Waals surface area contributed by atoms with E-state index >= 15 is 0 Å². The number of benzene rings is 1. The maximum Gasteiger partial charge on any atom is 0.158 e. The van der Waals surface area contributed by atoms with E-state index in [0.29, 0.717) is 18.9 Å². The zero-order valence-corrected chi connectivity index (χ0v) is 14.7. The maximum atomic E-state index is 12.2. The lowest BCUT2D eigenvalue weighted by Gasteiger charge is -2.36. The highest BCUT2D eigenvalue weighted by atomic mass is 16.1. The number of rotatable bonds is 4. The Morgan fingerprint density at radius 1 is 1.32 bits per heavy atom. The molecule has 0 saturated carbocycles. The van der Waals surface area contributed by atoms with Crippen molar-refractivity contribution in [2.24, 2.45) is 17.6 Å². The molecule has 2 N–H and O–H groups in total. The SMILES string of the molecule is CC(C)CN1C=C2CC(=O)C(C#N)C=C2C(c2ccccc2)=C1CN. The number of hydrogen-bond donors (Lipinski definition) is 1. The number of Topliss-reactive ketones (excluding diaryl/α,β-unsaturated/α-hetero) is 1. The maximum absolute atomic E-state index is 12.2. The molecule has 1 aromatic rings. The molecule has 4 nitrogen and oxygen atoms in total. The van der Waals surface area contributed by atoms with Gasteiger partial charge in [0.1, 0.15) is 5.92 Å². The van der Waals surface area contributed by atoms with Crippen LogP contribution in [0.15, 0.2) is 59.5 Å². The van der Waals surface area contributed by atoms with Crippen LogP contribution in [0.3, 0.4) is 0 Å². The predicted octanol–water partition coefficient (Wildman–Crippen LogP) is 3.25. The lowest BCUT2D eigenvalue weighted by atomic mass is 9.78. The number of carbonyl (C=O) groups excluding carboxylic acids is 1. The molecule has 25 heavy (non-hydrogen) atoms. The van der Waals surface area contributed by atoms with Gasteiger partial charge in [0.25, 0.3) is 0 Å². The lowest BCUT2D eigenvalue weighted by molar-refractivity contribution is -0.119. The van der Waals surface area contributed by atoms with Gasteiger partial charge in [-0.15, -0.1) is 0 Å². The Kier molecular flexibility index (Phi) is 4.87. The minimum atomic E-state index is -0.679. The molecule has 128 valence electrons. The van der Waals surface area contributed by atoms with Crippen LogP contribution < -0.4 is 5.73 Å². The highest BCUT2D eigenvalue weighted by molar-refractivity contribution is 5.97. The second-order valence-electron chi connectivity index (χ2n) is 6.92. The van der Waals surface area contributed by atoms with Crippen LogP contribution in [-0.2, 0) is 4.79 Å². The van der Waals surface area contributed by atoms with Crippen LogP contribution in [0.4, 0.5) is 0 Å². The Labute approximate surface area is 148 Å². The monoisotopic (exact) mass is 333 g/mol. The van der Waals surface area contributed by atoms with E-state index in [0.717, 1.165) is 34.5 Å². The van der Waals surface area contributed by atoms with Crippen LogP contribution in [0.5, 0.6) is 0 Å². The molecule has 0 radical (unpaired) electrons. The molecular formula is C21H23N3O. The quantitative estimate of drug-likeness (QED) is 0.918. The standard InChI is InChI=1S/C21H23N3O/c1-14(2)12-24-13-17-9-20(25)16(10-22)8-18(17)21(19(24)11-23)15-6-4-3-5-7-15/h3-8,13-14,16H,9,11-12,23H2,1-2H3. The molecule has 1 aliphatic carbocycles. The summed E-state index contributed by atoms with van der Waals surface area (Å²) in [5.41, 5.74) is 11.3. The van der Waals surface area contributed by atoms with E-state index < -0.39 is 5.92 Å². The van der Waals surface area contributed by atoms with Gasteiger partial charge in [0, 0.05) is 37.0 Å². The summed E-state index contributed by atoms with van der Waals surface area (Å²) in [6.07, 6.45) is 4.15. The molecule has 0 bridgehead atoms. The summed E-state index contributed by atoms with van der Waals surface area (Å²) in [6.45, 7) is 5.58. The molecule has 1 heterocycles. The Hall–Kier alpha value is -2.64. The molecule has 1 aromatic carbocycles. The third-order valence-electron chi connectivity index (χ3n) is 4.56. The molecule has 2 aliphatic rings. The highest BCUT2D eigenvalue weighted by Gasteiger charge is 2.32. The van der Waals surface area contributed by atoms with Crippen molar-refractivity contribution in [2.45, 2.75) is 20.3 Å². The van der Waals surface area contributed by atoms with E-state index in [9.17, 15) is 10.1 Å². The highest BCUT2D eigenvalue weighted by Crippen LogP contribution is 2.41. The van der Waals surface area contributed by atoms with Crippen molar-refractivity contribution >= 4 is 11.4 Å². The summed E-state index contributed by atoms with van der Waals surface area (Å²) in [7, 11) is 0. The molecule has 3 rings (SSSR count). The number of ketones is 1. The van der Waals surface area contributed by atoms with E-state index in [1.54, 1.807) is 0 Å². The molecule has 1 aliphatic heterocycles. The third kappa shape index (κ3) is 3.29. The van der Waals surface area contributed by atoms with Crippen LogP contribution in [0.2, 0.25) is 0 Å². The third-order valence-corrected chi connectivity index (χ3v) is 4.56. The number of nitrogens with two attached hydrogens (primary N) is 1. The number of allylic oxidation sites excluding steroid dienone is 4. The first-order valence-corrected chi connectivity index (χ1v) is 8.66. The average Bonchev–Trinajstić information content (AvgIpc) is 2.60. The van der Waals surface area contributed by atoms with Crippen molar-refractivity contribution in [3.8, 4) is 6.07 Å². The van der Waals surface area contributed by atoms with Gasteiger partial charge >= 0.3 is 0 Å². The van der Waals surface area contributed by atoms with Gasteiger partial charge in [0.05, 0.1) is 6.07 Å². The van der Waals surface area contributed by atoms with Crippen molar-refractivity contribution in [2.75, 3.05) is 13.1 Å². The Bertz CT molecular complexity index is 809. The number of hydrogen-bond acceptors (Lipinski definition) is 4. The molecule has 0 fully saturated rings. The van der Waals surface area contributed by atoms with Crippen molar-refractivity contribution in [1.82, 2.24) is 4.90 Å².